The molecule has 0 unspecified atom stereocenters. The fourth-order valence-corrected chi connectivity index (χ4v) is 6.49. The van der Waals surface area contributed by atoms with Crippen molar-refractivity contribution in [2.75, 3.05) is 17.4 Å². The van der Waals surface area contributed by atoms with Crippen LogP contribution in [0, 0.1) is 0 Å². The first kappa shape index (κ1) is 31.9. The molecule has 3 aromatic carbocycles. The minimum Gasteiger partial charge on any atom is -0.354 e. The van der Waals surface area contributed by atoms with Gasteiger partial charge in [0.2, 0.25) is 11.8 Å². The second kappa shape index (κ2) is 14.9. The summed E-state index contributed by atoms with van der Waals surface area (Å²) in [7, 11) is -4.15. The van der Waals surface area contributed by atoms with Gasteiger partial charge in [-0.1, -0.05) is 89.7 Å². The van der Waals surface area contributed by atoms with Gasteiger partial charge in [0.15, 0.2) is 0 Å². The molecule has 214 valence electrons. The minimum atomic E-state index is -4.15. The van der Waals surface area contributed by atoms with Crippen LogP contribution >= 0.6 is 39.1 Å². The summed E-state index contributed by atoms with van der Waals surface area (Å²) in [5.74, 6) is -0.902. The molecule has 0 radical (unpaired) electrons. The molecule has 3 rings (SSSR count). The Morgan fingerprint density at radius 1 is 0.950 bits per heavy atom. The van der Waals surface area contributed by atoms with E-state index in [1.165, 1.54) is 17.0 Å². The maximum Gasteiger partial charge on any atom is 0.264 e. The molecular weight excluding hydrogens is 637 g/mol. The Labute approximate surface area is 254 Å². The zero-order valence-corrected chi connectivity index (χ0v) is 26.2. The Hall–Kier alpha value is -2.59. The number of nitrogens with one attached hydrogen (secondary N) is 1. The normalized spacial score (nSPS) is 12.0. The highest BCUT2D eigenvalue weighted by Crippen LogP contribution is 2.29. The highest BCUT2D eigenvalue weighted by Gasteiger charge is 2.34. The van der Waals surface area contributed by atoms with E-state index in [1.54, 1.807) is 67.6 Å². The molecule has 0 bridgehead atoms. The lowest BCUT2D eigenvalue weighted by Gasteiger charge is -2.33. The van der Waals surface area contributed by atoms with Crippen molar-refractivity contribution in [3.05, 3.63) is 92.9 Å². The second-order valence-electron chi connectivity index (χ2n) is 9.10. The third-order valence-electron chi connectivity index (χ3n) is 6.31. The molecule has 11 heteroatoms. The Morgan fingerprint density at radius 3 is 2.20 bits per heavy atom. The molecule has 0 heterocycles. The van der Waals surface area contributed by atoms with Crippen LogP contribution in [0.25, 0.3) is 0 Å². The lowest BCUT2D eigenvalue weighted by atomic mass is 10.1. The number of hydrogen-bond acceptors (Lipinski definition) is 4. The van der Waals surface area contributed by atoms with Crippen molar-refractivity contribution >= 4 is 66.7 Å². The summed E-state index contributed by atoms with van der Waals surface area (Å²) in [6, 6.07) is 18.7. The summed E-state index contributed by atoms with van der Waals surface area (Å²) in [6.45, 7) is 3.66. The van der Waals surface area contributed by atoms with Gasteiger partial charge in [-0.05, 0) is 55.3 Å². The van der Waals surface area contributed by atoms with Gasteiger partial charge in [-0.3, -0.25) is 13.9 Å². The van der Waals surface area contributed by atoms with Crippen LogP contribution in [0.4, 0.5) is 5.69 Å². The van der Waals surface area contributed by atoms with Crippen molar-refractivity contribution in [2.24, 2.45) is 0 Å². The summed E-state index contributed by atoms with van der Waals surface area (Å²) in [4.78, 5) is 28.8. The van der Waals surface area contributed by atoms with E-state index in [-0.39, 0.29) is 17.3 Å². The van der Waals surface area contributed by atoms with Crippen LogP contribution in [0.15, 0.2) is 82.2 Å². The number of hydrogen-bond donors (Lipinski definition) is 1. The first-order valence-corrected chi connectivity index (χ1v) is 15.9. The number of unbranched alkanes of at least 4 members (excludes halogenated alkanes) is 1. The van der Waals surface area contributed by atoms with Gasteiger partial charge >= 0.3 is 0 Å². The number of halogens is 3. The van der Waals surface area contributed by atoms with Crippen LogP contribution in [0.3, 0.4) is 0 Å². The molecule has 7 nitrogen and oxygen atoms in total. The molecule has 0 aliphatic rings. The van der Waals surface area contributed by atoms with Gasteiger partial charge < -0.3 is 10.2 Å². The van der Waals surface area contributed by atoms with Crippen molar-refractivity contribution in [3.8, 4) is 0 Å². The summed E-state index contributed by atoms with van der Waals surface area (Å²) in [6.07, 6.45) is 1.99. The second-order valence-corrected chi connectivity index (χ2v) is 12.7. The Morgan fingerprint density at radius 2 is 1.60 bits per heavy atom. The lowest BCUT2D eigenvalue weighted by Crippen LogP contribution is -2.52. The standard InChI is InChI=1S/C29H32BrCl2N3O4S/c1-3-5-17-33-29(37)27(4-2)34(19-24-25(31)15-10-16-26(24)32)28(36)20-35(22-12-9-11-21(30)18-22)40(38,39)23-13-7-6-8-14-23/h6-16,18,27H,3-5,17,19-20H2,1-2H3,(H,33,37)/t27-/m0/s1. The largest absolute Gasteiger partial charge is 0.354 e. The monoisotopic (exact) mass is 667 g/mol. The molecule has 1 N–H and O–H groups in total. The number of sulfonamides is 1. The van der Waals surface area contributed by atoms with Gasteiger partial charge in [0.05, 0.1) is 10.6 Å². The maximum atomic E-state index is 14.1. The smallest absolute Gasteiger partial charge is 0.264 e. The molecule has 0 aliphatic carbocycles. The van der Waals surface area contributed by atoms with E-state index in [4.69, 9.17) is 23.2 Å². The molecule has 1 atom stereocenters. The highest BCUT2D eigenvalue weighted by atomic mass is 79.9. The van der Waals surface area contributed by atoms with Gasteiger partial charge in [0.1, 0.15) is 12.6 Å². The van der Waals surface area contributed by atoms with Gasteiger partial charge in [-0.25, -0.2) is 8.42 Å². The van der Waals surface area contributed by atoms with Crippen LogP contribution in [-0.4, -0.2) is 44.3 Å². The molecule has 0 aromatic heterocycles. The first-order valence-electron chi connectivity index (χ1n) is 12.9. The van der Waals surface area contributed by atoms with E-state index in [0.717, 1.165) is 17.1 Å². The van der Waals surface area contributed by atoms with E-state index >= 15 is 0 Å². The molecule has 2 amide bonds. The number of rotatable bonds is 13. The van der Waals surface area contributed by atoms with Crippen molar-refractivity contribution in [1.29, 1.82) is 0 Å². The van der Waals surface area contributed by atoms with Gasteiger partial charge in [0.25, 0.3) is 10.0 Å². The number of benzene rings is 3. The topological polar surface area (TPSA) is 86.8 Å². The molecule has 0 saturated heterocycles. The quantitative estimate of drug-likeness (QED) is 0.206. The van der Waals surface area contributed by atoms with Crippen LogP contribution in [0.1, 0.15) is 38.7 Å². The van der Waals surface area contributed by atoms with Gasteiger partial charge in [0, 0.05) is 33.2 Å². The molecule has 0 aliphatic heterocycles. The maximum absolute atomic E-state index is 14.1. The number of carbonyl (C=O) groups is 2. The third kappa shape index (κ3) is 8.00. The molecule has 3 aromatic rings. The molecule has 0 spiro atoms. The van der Waals surface area contributed by atoms with Crippen molar-refractivity contribution in [2.45, 2.75) is 50.6 Å². The molecular formula is C29H32BrCl2N3O4S. The Kier molecular flexibility index (Phi) is 11.9. The summed E-state index contributed by atoms with van der Waals surface area (Å²) < 4.78 is 29.4. The summed E-state index contributed by atoms with van der Waals surface area (Å²) >= 11 is 16.3. The zero-order valence-electron chi connectivity index (χ0n) is 22.3. The van der Waals surface area contributed by atoms with Gasteiger partial charge in [-0.2, -0.15) is 0 Å². The van der Waals surface area contributed by atoms with Crippen LogP contribution in [0.5, 0.6) is 0 Å². The van der Waals surface area contributed by atoms with E-state index in [0.29, 0.717) is 38.7 Å². The van der Waals surface area contributed by atoms with E-state index in [1.807, 2.05) is 6.92 Å². The average Bonchev–Trinajstić information content (AvgIpc) is 2.93. The van der Waals surface area contributed by atoms with E-state index < -0.39 is 28.5 Å². The van der Waals surface area contributed by atoms with E-state index in [9.17, 15) is 18.0 Å². The molecule has 0 saturated carbocycles. The Bertz CT molecular complexity index is 1400. The SMILES string of the molecule is CCCCNC(=O)[C@H](CC)N(Cc1c(Cl)cccc1Cl)C(=O)CN(c1cccc(Br)c1)S(=O)(=O)c1ccccc1. The molecule has 40 heavy (non-hydrogen) atoms. The average molecular weight is 669 g/mol. The summed E-state index contributed by atoms with van der Waals surface area (Å²) in [5.41, 5.74) is 0.765. The number of nitrogens with zero attached hydrogens (tertiary/aromatic N) is 2. The van der Waals surface area contributed by atoms with Crippen LogP contribution in [0.2, 0.25) is 10.0 Å². The zero-order chi connectivity index (χ0) is 29.3. The lowest BCUT2D eigenvalue weighted by molar-refractivity contribution is -0.140. The predicted octanol–water partition coefficient (Wildman–Crippen LogP) is 6.67. The summed E-state index contributed by atoms with van der Waals surface area (Å²) in [5, 5.41) is 3.58. The fraction of sp³-hybridized carbons (Fsp3) is 0.310. The molecule has 0 fully saturated rings. The van der Waals surface area contributed by atoms with Crippen molar-refractivity contribution < 1.29 is 18.0 Å². The van der Waals surface area contributed by atoms with Crippen molar-refractivity contribution in [1.82, 2.24) is 10.2 Å². The van der Waals surface area contributed by atoms with Crippen LogP contribution < -0.4 is 9.62 Å². The highest BCUT2D eigenvalue weighted by molar-refractivity contribution is 9.10. The Balaban J connectivity index is 2.07. The number of anilines is 1. The predicted molar refractivity (Wildman–Crippen MR) is 164 cm³/mol. The third-order valence-corrected chi connectivity index (χ3v) is 9.30. The first-order chi connectivity index (χ1) is 19.1. The number of amides is 2. The number of carbonyl (C=O) groups excluding carboxylic acids is 2. The van der Waals surface area contributed by atoms with Crippen molar-refractivity contribution in [3.63, 3.8) is 0 Å². The van der Waals surface area contributed by atoms with E-state index in [2.05, 4.69) is 21.2 Å². The van der Waals surface area contributed by atoms with Crippen LogP contribution in [-0.2, 0) is 26.2 Å². The fourth-order valence-electron chi connectivity index (χ4n) is 4.16. The minimum absolute atomic E-state index is 0.0350. The van der Waals surface area contributed by atoms with Gasteiger partial charge in [-0.15, -0.1) is 0 Å².